The smallest absolute Gasteiger partial charge is 0.120 e. The average molecular weight is 299 g/mol. The van der Waals surface area contributed by atoms with Gasteiger partial charge in [-0.1, -0.05) is 23.8 Å². The Bertz CT molecular complexity index is 447. The molecule has 0 unspecified atom stereocenters. The Morgan fingerprint density at radius 1 is 1.37 bits per heavy atom. The fraction of sp³-hybridized carbons (Fsp3) is 0.500. The lowest BCUT2D eigenvalue weighted by Crippen LogP contribution is -2.21. The number of hydrogen-bond donors (Lipinski definition) is 1. The predicted octanol–water partition coefficient (Wildman–Crippen LogP) is 2.84. The molecule has 1 fully saturated rings. The van der Waals surface area contributed by atoms with Gasteiger partial charge in [0.1, 0.15) is 10.7 Å². The SMILES string of the molecule is NC(=S)c1ccc(OCCCN2CCCC2)cc1Cl. The quantitative estimate of drug-likeness (QED) is 0.647. The van der Waals surface area contributed by atoms with E-state index in [-0.39, 0.29) is 0 Å². The van der Waals surface area contributed by atoms with E-state index in [4.69, 9.17) is 34.3 Å². The van der Waals surface area contributed by atoms with E-state index in [2.05, 4.69) is 4.90 Å². The van der Waals surface area contributed by atoms with Gasteiger partial charge in [-0.2, -0.15) is 0 Å². The number of nitrogens with zero attached hydrogens (tertiary/aromatic N) is 1. The lowest BCUT2D eigenvalue weighted by molar-refractivity contribution is 0.263. The Balaban J connectivity index is 1.76. The van der Waals surface area contributed by atoms with Gasteiger partial charge in [0.25, 0.3) is 0 Å². The highest BCUT2D eigenvalue weighted by Crippen LogP contribution is 2.22. The third kappa shape index (κ3) is 4.34. The van der Waals surface area contributed by atoms with E-state index in [1.807, 2.05) is 6.07 Å². The minimum absolute atomic E-state index is 0.311. The summed E-state index contributed by atoms with van der Waals surface area (Å²) in [5.74, 6) is 0.770. The fourth-order valence-corrected chi connectivity index (χ4v) is 2.78. The summed E-state index contributed by atoms with van der Waals surface area (Å²) in [4.78, 5) is 2.79. The predicted molar refractivity (Wildman–Crippen MR) is 83.1 cm³/mol. The Morgan fingerprint density at radius 2 is 2.11 bits per heavy atom. The van der Waals surface area contributed by atoms with Crippen molar-refractivity contribution in [3.05, 3.63) is 28.8 Å². The number of halogens is 1. The zero-order chi connectivity index (χ0) is 13.7. The summed E-state index contributed by atoms with van der Waals surface area (Å²) in [5.41, 5.74) is 6.25. The van der Waals surface area contributed by atoms with E-state index in [9.17, 15) is 0 Å². The number of hydrogen-bond acceptors (Lipinski definition) is 3. The second-order valence-electron chi connectivity index (χ2n) is 4.76. The molecular formula is C14H19ClN2OS. The minimum atomic E-state index is 0.311. The first-order valence-corrected chi connectivity index (χ1v) is 7.40. The van der Waals surface area contributed by atoms with Crippen molar-refractivity contribution >= 4 is 28.8 Å². The van der Waals surface area contributed by atoms with Gasteiger partial charge in [0.05, 0.1) is 11.6 Å². The van der Waals surface area contributed by atoms with Crippen molar-refractivity contribution in [1.82, 2.24) is 4.90 Å². The molecule has 5 heteroatoms. The third-order valence-corrected chi connectivity index (χ3v) is 3.82. The highest BCUT2D eigenvalue weighted by molar-refractivity contribution is 7.80. The number of nitrogens with two attached hydrogens (primary N) is 1. The highest BCUT2D eigenvalue weighted by Gasteiger charge is 2.10. The second kappa shape index (κ2) is 7.08. The molecule has 1 aromatic carbocycles. The van der Waals surface area contributed by atoms with Crippen LogP contribution in [-0.2, 0) is 0 Å². The van der Waals surface area contributed by atoms with Crippen LogP contribution in [0.5, 0.6) is 5.75 Å². The van der Waals surface area contributed by atoms with Crippen LogP contribution in [0.4, 0.5) is 0 Å². The summed E-state index contributed by atoms with van der Waals surface area (Å²) < 4.78 is 5.69. The molecule has 2 N–H and O–H groups in total. The van der Waals surface area contributed by atoms with E-state index in [1.54, 1.807) is 12.1 Å². The van der Waals surface area contributed by atoms with Crippen molar-refractivity contribution in [2.45, 2.75) is 19.3 Å². The molecule has 0 spiro atoms. The Labute approximate surface area is 124 Å². The number of thiocarbonyl (C=S) groups is 1. The summed E-state index contributed by atoms with van der Waals surface area (Å²) in [6.45, 7) is 4.28. The maximum Gasteiger partial charge on any atom is 0.120 e. The molecule has 104 valence electrons. The van der Waals surface area contributed by atoms with Crippen molar-refractivity contribution in [2.75, 3.05) is 26.2 Å². The molecule has 0 bridgehead atoms. The number of likely N-dealkylation sites (tertiary alicyclic amines) is 1. The zero-order valence-electron chi connectivity index (χ0n) is 10.9. The van der Waals surface area contributed by atoms with E-state index in [1.165, 1.54) is 25.9 Å². The van der Waals surface area contributed by atoms with Crippen LogP contribution in [0.2, 0.25) is 5.02 Å². The van der Waals surface area contributed by atoms with Crippen LogP contribution >= 0.6 is 23.8 Å². The van der Waals surface area contributed by atoms with Crippen molar-refractivity contribution in [3.63, 3.8) is 0 Å². The molecule has 0 saturated carbocycles. The Morgan fingerprint density at radius 3 is 2.74 bits per heavy atom. The molecule has 19 heavy (non-hydrogen) atoms. The highest BCUT2D eigenvalue weighted by atomic mass is 35.5. The average Bonchev–Trinajstić information content (AvgIpc) is 2.87. The molecular weight excluding hydrogens is 280 g/mol. The van der Waals surface area contributed by atoms with E-state index in [0.717, 1.165) is 18.7 Å². The molecule has 1 aliphatic heterocycles. The molecule has 1 aromatic rings. The molecule has 3 nitrogen and oxygen atoms in total. The maximum absolute atomic E-state index is 6.09. The topological polar surface area (TPSA) is 38.5 Å². The minimum Gasteiger partial charge on any atom is -0.493 e. The van der Waals surface area contributed by atoms with Crippen molar-refractivity contribution in [1.29, 1.82) is 0 Å². The first-order chi connectivity index (χ1) is 9.16. The maximum atomic E-state index is 6.09. The van der Waals surface area contributed by atoms with Gasteiger partial charge in [-0.3, -0.25) is 0 Å². The summed E-state index contributed by atoms with van der Waals surface area (Å²) in [7, 11) is 0. The zero-order valence-corrected chi connectivity index (χ0v) is 12.5. The second-order valence-corrected chi connectivity index (χ2v) is 5.60. The Kier molecular flexibility index (Phi) is 5.43. The van der Waals surface area contributed by atoms with Crippen LogP contribution in [0.25, 0.3) is 0 Å². The number of ether oxygens (including phenoxy) is 1. The van der Waals surface area contributed by atoms with Crippen LogP contribution in [0.15, 0.2) is 18.2 Å². The van der Waals surface area contributed by atoms with Crippen LogP contribution in [0.1, 0.15) is 24.8 Å². The van der Waals surface area contributed by atoms with Crippen molar-refractivity contribution in [2.24, 2.45) is 5.73 Å². The van der Waals surface area contributed by atoms with Crippen molar-refractivity contribution < 1.29 is 4.74 Å². The first kappa shape index (κ1) is 14.6. The summed E-state index contributed by atoms with van der Waals surface area (Å²) in [5, 5.41) is 0.546. The summed E-state index contributed by atoms with van der Waals surface area (Å²) in [6, 6.07) is 5.43. The molecule has 2 rings (SSSR count). The van der Waals surface area contributed by atoms with E-state index >= 15 is 0 Å². The van der Waals surface area contributed by atoms with Crippen LogP contribution in [0, 0.1) is 0 Å². The van der Waals surface area contributed by atoms with Gasteiger partial charge < -0.3 is 15.4 Å². The molecule has 1 saturated heterocycles. The largest absolute Gasteiger partial charge is 0.493 e. The monoisotopic (exact) mass is 298 g/mol. The standard InChI is InChI=1S/C14H19ClN2OS/c15-13-10-11(4-5-12(13)14(16)19)18-9-3-8-17-6-1-2-7-17/h4-5,10H,1-3,6-9H2,(H2,16,19). The Hall–Kier alpha value is -0.840. The van der Waals surface area contributed by atoms with Gasteiger partial charge in [0.15, 0.2) is 0 Å². The fourth-order valence-electron chi connectivity index (χ4n) is 2.27. The number of benzene rings is 1. The summed E-state index contributed by atoms with van der Waals surface area (Å²) >= 11 is 11.0. The van der Waals surface area contributed by atoms with Gasteiger partial charge in [0.2, 0.25) is 0 Å². The van der Waals surface area contributed by atoms with Crippen LogP contribution < -0.4 is 10.5 Å². The van der Waals surface area contributed by atoms with Gasteiger partial charge in [-0.25, -0.2) is 0 Å². The molecule has 1 heterocycles. The lowest BCUT2D eigenvalue weighted by Gasteiger charge is -2.14. The molecule has 0 radical (unpaired) electrons. The number of rotatable bonds is 6. The van der Waals surface area contributed by atoms with Gasteiger partial charge in [0, 0.05) is 12.1 Å². The van der Waals surface area contributed by atoms with Gasteiger partial charge >= 0.3 is 0 Å². The van der Waals surface area contributed by atoms with Gasteiger partial charge in [-0.05, 0) is 50.6 Å². The molecule has 0 amide bonds. The van der Waals surface area contributed by atoms with Crippen LogP contribution in [-0.4, -0.2) is 36.1 Å². The normalized spacial score (nSPS) is 15.6. The third-order valence-electron chi connectivity index (χ3n) is 3.29. The van der Waals surface area contributed by atoms with Crippen LogP contribution in [0.3, 0.4) is 0 Å². The molecule has 0 atom stereocenters. The van der Waals surface area contributed by atoms with E-state index in [0.29, 0.717) is 22.2 Å². The molecule has 0 aromatic heterocycles. The van der Waals surface area contributed by atoms with Gasteiger partial charge in [-0.15, -0.1) is 0 Å². The van der Waals surface area contributed by atoms with Crippen molar-refractivity contribution in [3.8, 4) is 5.75 Å². The van der Waals surface area contributed by atoms with E-state index < -0.39 is 0 Å². The summed E-state index contributed by atoms with van der Waals surface area (Å²) in [6.07, 6.45) is 3.70. The molecule has 0 aliphatic carbocycles. The molecule has 1 aliphatic rings. The lowest BCUT2D eigenvalue weighted by atomic mass is 10.2. The first-order valence-electron chi connectivity index (χ1n) is 6.61.